The molecule has 3 unspecified atom stereocenters. The van der Waals surface area contributed by atoms with Crippen molar-refractivity contribution in [2.24, 2.45) is 34.0 Å². The largest absolute Gasteiger partial charge is 0.0654 e. The number of benzene rings is 1. The molecule has 0 saturated heterocycles. The minimum absolute atomic E-state index is 0.388. The fourth-order valence-corrected chi connectivity index (χ4v) is 7.34. The van der Waals surface area contributed by atoms with Gasteiger partial charge >= 0.3 is 0 Å². The van der Waals surface area contributed by atoms with Crippen LogP contribution < -0.4 is 0 Å². The van der Waals surface area contributed by atoms with Crippen LogP contribution in [0.2, 0.25) is 0 Å². The highest BCUT2D eigenvalue weighted by Gasteiger charge is 2.66. The predicted molar refractivity (Wildman–Crippen MR) is 119 cm³/mol. The lowest BCUT2D eigenvalue weighted by atomic mass is 9.47. The molecular weight excluding hydrogens is 324 g/mol. The third kappa shape index (κ3) is 2.84. The first-order valence-corrected chi connectivity index (χ1v) is 11.5. The van der Waals surface area contributed by atoms with Gasteiger partial charge in [0.1, 0.15) is 0 Å². The van der Waals surface area contributed by atoms with Gasteiger partial charge in [0.25, 0.3) is 0 Å². The SMILES string of the molecule is CCC[C@@H]1C(c2cc(C)c(C)cc2C)CC(C)[C@@]2(C)C1CC(C)(C)C2(C)C. The third-order valence-electron chi connectivity index (χ3n) is 10.1. The van der Waals surface area contributed by atoms with E-state index in [1.807, 2.05) is 0 Å². The second-order valence-electron chi connectivity index (χ2n) is 11.6. The average Bonchev–Trinajstić information content (AvgIpc) is 2.71. The molecule has 3 rings (SSSR count). The van der Waals surface area contributed by atoms with Crippen LogP contribution in [0, 0.1) is 54.8 Å². The second-order valence-corrected chi connectivity index (χ2v) is 11.6. The van der Waals surface area contributed by atoms with Crippen LogP contribution in [0.3, 0.4) is 0 Å². The van der Waals surface area contributed by atoms with Crippen LogP contribution in [-0.4, -0.2) is 0 Å². The minimum Gasteiger partial charge on any atom is -0.0654 e. The molecule has 0 aliphatic heterocycles. The lowest BCUT2D eigenvalue weighted by Gasteiger charge is -2.57. The van der Waals surface area contributed by atoms with Crippen molar-refractivity contribution in [2.75, 3.05) is 0 Å². The molecule has 5 atom stereocenters. The van der Waals surface area contributed by atoms with Gasteiger partial charge in [0, 0.05) is 0 Å². The van der Waals surface area contributed by atoms with Gasteiger partial charge in [0.05, 0.1) is 0 Å². The highest BCUT2D eigenvalue weighted by molar-refractivity contribution is 5.39. The summed E-state index contributed by atoms with van der Waals surface area (Å²) in [6, 6.07) is 4.98. The summed E-state index contributed by atoms with van der Waals surface area (Å²) < 4.78 is 0. The Hall–Kier alpha value is -0.780. The molecule has 0 spiro atoms. The summed E-state index contributed by atoms with van der Waals surface area (Å²) in [5, 5.41) is 0. The molecule has 0 heterocycles. The molecule has 2 aliphatic rings. The summed E-state index contributed by atoms with van der Waals surface area (Å²) in [6.07, 6.45) is 5.45. The fraction of sp³-hybridized carbons (Fsp3) is 0.778. The van der Waals surface area contributed by atoms with E-state index in [2.05, 4.69) is 81.4 Å². The summed E-state index contributed by atoms with van der Waals surface area (Å²) >= 11 is 0. The first kappa shape index (κ1) is 20.9. The molecule has 0 bridgehead atoms. The zero-order valence-electron chi connectivity index (χ0n) is 19.8. The van der Waals surface area contributed by atoms with Crippen LogP contribution in [0.5, 0.6) is 0 Å². The van der Waals surface area contributed by atoms with E-state index in [4.69, 9.17) is 0 Å². The molecule has 0 aromatic heterocycles. The van der Waals surface area contributed by atoms with Crippen molar-refractivity contribution in [1.29, 1.82) is 0 Å². The molecule has 0 heteroatoms. The van der Waals surface area contributed by atoms with E-state index in [-0.39, 0.29) is 0 Å². The summed E-state index contributed by atoms with van der Waals surface area (Å²) in [5.41, 5.74) is 7.35. The zero-order valence-corrected chi connectivity index (χ0v) is 19.8. The van der Waals surface area contributed by atoms with Crippen molar-refractivity contribution < 1.29 is 0 Å². The average molecular weight is 369 g/mol. The van der Waals surface area contributed by atoms with Crippen LogP contribution in [0.15, 0.2) is 12.1 Å². The van der Waals surface area contributed by atoms with E-state index in [9.17, 15) is 0 Å². The van der Waals surface area contributed by atoms with E-state index in [0.717, 1.165) is 23.7 Å². The summed E-state index contributed by atoms with van der Waals surface area (Å²) in [7, 11) is 0. The number of rotatable bonds is 3. The fourth-order valence-electron chi connectivity index (χ4n) is 7.34. The van der Waals surface area contributed by atoms with Crippen molar-refractivity contribution in [2.45, 2.75) is 101 Å². The third-order valence-corrected chi connectivity index (χ3v) is 10.1. The van der Waals surface area contributed by atoms with Crippen molar-refractivity contribution in [1.82, 2.24) is 0 Å². The smallest absolute Gasteiger partial charge is 0.0125 e. The quantitative estimate of drug-likeness (QED) is 0.504. The van der Waals surface area contributed by atoms with Crippen molar-refractivity contribution in [3.63, 3.8) is 0 Å². The zero-order chi connectivity index (χ0) is 20.4. The standard InChI is InChI=1S/C27H44/c1-11-12-21-23(22-14-18(3)17(2)13-19(22)4)15-20(5)27(10)24(21)16-25(6,7)26(27,8)9/h13-14,20-21,23-24H,11-12,15-16H2,1-10H3/t20?,21-,23?,24?,27+/m1/s1. The van der Waals surface area contributed by atoms with Gasteiger partial charge in [0.15, 0.2) is 0 Å². The molecule has 152 valence electrons. The first-order chi connectivity index (χ1) is 12.4. The van der Waals surface area contributed by atoms with Crippen molar-refractivity contribution in [3.8, 4) is 0 Å². The topological polar surface area (TPSA) is 0 Å². The maximum absolute atomic E-state index is 2.66. The van der Waals surface area contributed by atoms with Gasteiger partial charge in [-0.05, 0) is 102 Å². The summed E-state index contributed by atoms with van der Waals surface area (Å²) in [4.78, 5) is 0. The van der Waals surface area contributed by atoms with E-state index in [1.54, 1.807) is 5.56 Å². The maximum Gasteiger partial charge on any atom is -0.0125 e. The van der Waals surface area contributed by atoms with Crippen LogP contribution in [0.25, 0.3) is 0 Å². The molecule has 0 N–H and O–H groups in total. The molecule has 1 aromatic carbocycles. The molecule has 1 aromatic rings. The molecule has 2 fully saturated rings. The van der Waals surface area contributed by atoms with Gasteiger partial charge in [-0.3, -0.25) is 0 Å². The molecule has 0 radical (unpaired) electrons. The lowest BCUT2D eigenvalue weighted by Crippen LogP contribution is -2.50. The normalized spacial score (nSPS) is 37.3. The second kappa shape index (κ2) is 6.64. The first-order valence-electron chi connectivity index (χ1n) is 11.5. The monoisotopic (exact) mass is 368 g/mol. The van der Waals surface area contributed by atoms with E-state index >= 15 is 0 Å². The molecule has 0 nitrogen and oxygen atoms in total. The Morgan fingerprint density at radius 1 is 0.926 bits per heavy atom. The highest BCUT2D eigenvalue weighted by atomic mass is 14.7. The van der Waals surface area contributed by atoms with E-state index in [0.29, 0.717) is 16.2 Å². The Morgan fingerprint density at radius 3 is 2.11 bits per heavy atom. The molecule has 2 aliphatic carbocycles. The van der Waals surface area contributed by atoms with Gasteiger partial charge in [-0.1, -0.05) is 67.0 Å². The molecule has 27 heavy (non-hydrogen) atoms. The van der Waals surface area contributed by atoms with Gasteiger partial charge in [-0.2, -0.15) is 0 Å². The lowest BCUT2D eigenvalue weighted by molar-refractivity contribution is -0.0733. The van der Waals surface area contributed by atoms with Crippen LogP contribution in [0.1, 0.15) is 102 Å². The Balaban J connectivity index is 2.12. The van der Waals surface area contributed by atoms with Crippen LogP contribution in [0.4, 0.5) is 0 Å². The summed E-state index contributed by atoms with van der Waals surface area (Å²) in [6.45, 7) is 24.8. The van der Waals surface area contributed by atoms with E-state index < -0.39 is 0 Å². The van der Waals surface area contributed by atoms with E-state index in [1.165, 1.54) is 42.4 Å². The highest BCUT2D eigenvalue weighted by Crippen LogP contribution is 2.73. The number of hydrogen-bond donors (Lipinski definition) is 0. The number of hydrogen-bond acceptors (Lipinski definition) is 0. The Kier molecular flexibility index (Phi) is 5.15. The molecule has 2 saturated carbocycles. The van der Waals surface area contributed by atoms with Crippen molar-refractivity contribution in [3.05, 3.63) is 34.4 Å². The van der Waals surface area contributed by atoms with Gasteiger partial charge < -0.3 is 0 Å². The molecular formula is C27H44. The Morgan fingerprint density at radius 2 is 1.52 bits per heavy atom. The van der Waals surface area contributed by atoms with Gasteiger partial charge in [0.2, 0.25) is 0 Å². The molecule has 0 amide bonds. The van der Waals surface area contributed by atoms with Gasteiger partial charge in [-0.15, -0.1) is 0 Å². The predicted octanol–water partition coefficient (Wildman–Crippen LogP) is 8.23. The Labute approximate surface area is 169 Å². The summed E-state index contributed by atoms with van der Waals surface area (Å²) in [5.74, 6) is 3.19. The Bertz CT molecular complexity index is 707. The number of fused-ring (bicyclic) bond motifs is 1. The van der Waals surface area contributed by atoms with Crippen molar-refractivity contribution >= 4 is 0 Å². The van der Waals surface area contributed by atoms with Gasteiger partial charge in [-0.25, -0.2) is 0 Å². The van der Waals surface area contributed by atoms with Crippen LogP contribution >= 0.6 is 0 Å². The number of aryl methyl sites for hydroxylation is 3. The minimum atomic E-state index is 0.388. The van der Waals surface area contributed by atoms with Crippen LogP contribution in [-0.2, 0) is 0 Å². The maximum atomic E-state index is 2.66.